The summed E-state index contributed by atoms with van der Waals surface area (Å²) in [7, 11) is 0. The molecule has 100 valence electrons. The average Bonchev–Trinajstić information content (AvgIpc) is 2.27. The molecule has 1 aromatic rings. The van der Waals surface area contributed by atoms with Crippen molar-refractivity contribution in [2.45, 2.75) is 26.3 Å². The summed E-state index contributed by atoms with van der Waals surface area (Å²) in [6, 6.07) is 5.24. The quantitative estimate of drug-likeness (QED) is 0.806. The zero-order valence-electron chi connectivity index (χ0n) is 10.6. The molecule has 0 aliphatic carbocycles. The van der Waals surface area contributed by atoms with Crippen molar-refractivity contribution in [2.24, 2.45) is 5.73 Å². The smallest absolute Gasteiger partial charge is 0.344 e. The van der Waals surface area contributed by atoms with Gasteiger partial charge in [-0.25, -0.2) is 4.79 Å². The van der Waals surface area contributed by atoms with Gasteiger partial charge in [0, 0.05) is 11.1 Å². The van der Waals surface area contributed by atoms with Gasteiger partial charge in [-0.3, -0.25) is 0 Å². The average molecular weight is 272 g/mol. The van der Waals surface area contributed by atoms with Gasteiger partial charge in [-0.1, -0.05) is 11.6 Å². The fraction of sp³-hybridized carbons (Fsp3) is 0.462. The first-order valence-corrected chi connectivity index (χ1v) is 6.23. The Hall–Kier alpha value is -1.26. The fourth-order valence-electron chi connectivity index (χ4n) is 1.53. The van der Waals surface area contributed by atoms with E-state index in [2.05, 4.69) is 0 Å². The molecule has 18 heavy (non-hydrogen) atoms. The van der Waals surface area contributed by atoms with Gasteiger partial charge in [0.05, 0.1) is 6.61 Å². The maximum Gasteiger partial charge on any atom is 0.344 e. The Morgan fingerprint density at radius 2 is 2.22 bits per heavy atom. The third kappa shape index (κ3) is 4.94. The molecule has 0 bridgehead atoms. The Labute approximate surface area is 112 Å². The minimum absolute atomic E-state index is 0.00610. The largest absolute Gasteiger partial charge is 0.482 e. The van der Waals surface area contributed by atoms with Gasteiger partial charge < -0.3 is 15.2 Å². The van der Waals surface area contributed by atoms with E-state index in [0.717, 1.165) is 5.56 Å². The second-order valence-electron chi connectivity index (χ2n) is 4.03. The second kappa shape index (κ2) is 7.24. The number of rotatable bonds is 6. The molecule has 2 N–H and O–H groups in total. The zero-order chi connectivity index (χ0) is 13.5. The summed E-state index contributed by atoms with van der Waals surface area (Å²) in [6.07, 6.45) is 0.638. The minimum atomic E-state index is -0.390. The van der Waals surface area contributed by atoms with Crippen molar-refractivity contribution in [3.05, 3.63) is 28.8 Å². The lowest BCUT2D eigenvalue weighted by molar-refractivity contribution is -0.145. The number of nitrogens with two attached hydrogens (primary N) is 1. The van der Waals surface area contributed by atoms with E-state index in [-0.39, 0.29) is 18.6 Å². The van der Waals surface area contributed by atoms with Gasteiger partial charge in [-0.05, 0) is 44.0 Å². The van der Waals surface area contributed by atoms with E-state index in [4.69, 9.17) is 26.8 Å². The molecule has 5 heteroatoms. The molecule has 0 spiro atoms. The van der Waals surface area contributed by atoms with Gasteiger partial charge in [0.15, 0.2) is 6.61 Å². The first-order valence-electron chi connectivity index (χ1n) is 5.85. The van der Waals surface area contributed by atoms with E-state index in [0.29, 0.717) is 23.8 Å². The lowest BCUT2D eigenvalue weighted by Gasteiger charge is -2.13. The van der Waals surface area contributed by atoms with Crippen molar-refractivity contribution in [3.63, 3.8) is 0 Å². The number of hydrogen-bond donors (Lipinski definition) is 1. The van der Waals surface area contributed by atoms with Crippen LogP contribution in [0.15, 0.2) is 18.2 Å². The Kier molecular flexibility index (Phi) is 5.95. The van der Waals surface area contributed by atoms with Crippen molar-refractivity contribution < 1.29 is 14.3 Å². The number of carbonyl (C=O) groups excluding carboxylic acids is 1. The Balaban J connectivity index is 2.71. The molecule has 4 nitrogen and oxygen atoms in total. The number of esters is 1. The molecule has 1 aromatic carbocycles. The van der Waals surface area contributed by atoms with E-state index in [9.17, 15) is 4.79 Å². The van der Waals surface area contributed by atoms with Crippen LogP contribution in [0.1, 0.15) is 19.4 Å². The van der Waals surface area contributed by atoms with Crippen LogP contribution in [0.3, 0.4) is 0 Å². The van der Waals surface area contributed by atoms with Crippen LogP contribution in [0, 0.1) is 0 Å². The van der Waals surface area contributed by atoms with Crippen LogP contribution in [0.25, 0.3) is 0 Å². The summed E-state index contributed by atoms with van der Waals surface area (Å²) in [4.78, 5) is 11.2. The summed E-state index contributed by atoms with van der Waals surface area (Å²) in [6.45, 7) is 3.88. The van der Waals surface area contributed by atoms with Crippen LogP contribution in [-0.4, -0.2) is 25.2 Å². The van der Waals surface area contributed by atoms with Gasteiger partial charge in [-0.2, -0.15) is 0 Å². The number of ether oxygens (including phenoxy) is 2. The molecule has 0 aliphatic heterocycles. The summed E-state index contributed by atoms with van der Waals surface area (Å²) < 4.78 is 10.2. The third-order valence-corrected chi connectivity index (χ3v) is 2.45. The standard InChI is InChI=1S/C13H18ClNO3/c1-3-17-13(16)8-18-12-5-4-11(14)7-10(12)6-9(2)15/h4-5,7,9H,3,6,8,15H2,1-2H3. The Morgan fingerprint density at radius 3 is 2.83 bits per heavy atom. The van der Waals surface area contributed by atoms with Crippen LogP contribution >= 0.6 is 11.6 Å². The van der Waals surface area contributed by atoms with Crippen LogP contribution in [0.5, 0.6) is 5.75 Å². The van der Waals surface area contributed by atoms with Crippen LogP contribution in [0.4, 0.5) is 0 Å². The van der Waals surface area contributed by atoms with E-state index in [1.54, 1.807) is 25.1 Å². The highest BCUT2D eigenvalue weighted by Gasteiger charge is 2.09. The predicted molar refractivity (Wildman–Crippen MR) is 70.9 cm³/mol. The summed E-state index contributed by atoms with van der Waals surface area (Å²) >= 11 is 5.92. The maximum atomic E-state index is 11.2. The van der Waals surface area contributed by atoms with E-state index in [1.165, 1.54) is 0 Å². The van der Waals surface area contributed by atoms with Crippen molar-refractivity contribution >= 4 is 17.6 Å². The molecule has 0 heterocycles. The molecular formula is C13H18ClNO3. The van der Waals surface area contributed by atoms with Gasteiger partial charge in [0.25, 0.3) is 0 Å². The van der Waals surface area contributed by atoms with Crippen molar-refractivity contribution in [1.29, 1.82) is 0 Å². The van der Waals surface area contributed by atoms with Crippen molar-refractivity contribution in [3.8, 4) is 5.75 Å². The highest BCUT2D eigenvalue weighted by atomic mass is 35.5. The highest BCUT2D eigenvalue weighted by molar-refractivity contribution is 6.30. The summed E-state index contributed by atoms with van der Waals surface area (Å²) in [5.74, 6) is 0.226. The number of hydrogen-bond acceptors (Lipinski definition) is 4. The predicted octanol–water partition coefficient (Wildman–Crippen LogP) is 2.17. The lowest BCUT2D eigenvalue weighted by Crippen LogP contribution is -2.19. The summed E-state index contributed by atoms with van der Waals surface area (Å²) in [5, 5.41) is 0.620. The monoisotopic (exact) mass is 271 g/mol. The number of halogens is 1. The highest BCUT2D eigenvalue weighted by Crippen LogP contribution is 2.24. The zero-order valence-corrected chi connectivity index (χ0v) is 11.4. The van der Waals surface area contributed by atoms with Gasteiger partial charge in [-0.15, -0.1) is 0 Å². The van der Waals surface area contributed by atoms with Crippen LogP contribution < -0.4 is 10.5 Å². The van der Waals surface area contributed by atoms with Gasteiger partial charge >= 0.3 is 5.97 Å². The van der Waals surface area contributed by atoms with Crippen molar-refractivity contribution in [2.75, 3.05) is 13.2 Å². The third-order valence-electron chi connectivity index (χ3n) is 2.22. The molecule has 1 unspecified atom stereocenters. The first-order chi connectivity index (χ1) is 8.52. The van der Waals surface area contributed by atoms with Gasteiger partial charge in [0.1, 0.15) is 5.75 Å². The van der Waals surface area contributed by atoms with Crippen molar-refractivity contribution in [1.82, 2.24) is 0 Å². The molecule has 1 rings (SSSR count). The first kappa shape index (κ1) is 14.8. The van der Waals surface area contributed by atoms with Crippen LogP contribution in [-0.2, 0) is 16.0 Å². The minimum Gasteiger partial charge on any atom is -0.482 e. The second-order valence-corrected chi connectivity index (χ2v) is 4.46. The molecule has 0 saturated heterocycles. The number of carbonyl (C=O) groups is 1. The Bertz CT molecular complexity index is 407. The van der Waals surface area contributed by atoms with Crippen LogP contribution in [0.2, 0.25) is 5.02 Å². The number of benzene rings is 1. The molecular weight excluding hydrogens is 254 g/mol. The lowest BCUT2D eigenvalue weighted by atomic mass is 10.1. The Morgan fingerprint density at radius 1 is 1.50 bits per heavy atom. The molecule has 0 radical (unpaired) electrons. The molecule has 0 saturated carbocycles. The molecule has 1 atom stereocenters. The maximum absolute atomic E-state index is 11.2. The molecule has 0 aliphatic rings. The van der Waals surface area contributed by atoms with Gasteiger partial charge in [0.2, 0.25) is 0 Å². The van der Waals surface area contributed by atoms with E-state index >= 15 is 0 Å². The SMILES string of the molecule is CCOC(=O)COc1ccc(Cl)cc1CC(C)N. The normalized spacial score (nSPS) is 12.0. The fourth-order valence-corrected chi connectivity index (χ4v) is 1.73. The van der Waals surface area contributed by atoms with E-state index in [1.807, 2.05) is 6.92 Å². The summed E-state index contributed by atoms with van der Waals surface area (Å²) in [5.41, 5.74) is 6.65. The molecule has 0 fully saturated rings. The topological polar surface area (TPSA) is 61.5 Å². The molecule has 0 aromatic heterocycles. The van der Waals surface area contributed by atoms with E-state index < -0.39 is 0 Å². The molecule has 0 amide bonds.